The highest BCUT2D eigenvalue weighted by atomic mass is 79.9. The van der Waals surface area contributed by atoms with Crippen LogP contribution in [0, 0.1) is 5.82 Å². The summed E-state index contributed by atoms with van der Waals surface area (Å²) in [5.74, 6) is 0.0296. The van der Waals surface area contributed by atoms with Crippen LogP contribution < -0.4 is 5.32 Å². The van der Waals surface area contributed by atoms with E-state index in [1.807, 2.05) is 30.3 Å². The SMILES string of the molecule is Fc1cccc(Cl)c1[C@H]1C=C(c2ccc(Br)cc2)Nc2nnnn21. The van der Waals surface area contributed by atoms with Crippen LogP contribution in [0.15, 0.2) is 53.0 Å². The maximum Gasteiger partial charge on any atom is 0.248 e. The van der Waals surface area contributed by atoms with Gasteiger partial charge in [0.15, 0.2) is 0 Å². The Morgan fingerprint density at radius 1 is 1.17 bits per heavy atom. The van der Waals surface area contributed by atoms with Gasteiger partial charge in [0.1, 0.15) is 11.9 Å². The maximum atomic E-state index is 14.4. The predicted molar refractivity (Wildman–Crippen MR) is 93.1 cm³/mol. The van der Waals surface area contributed by atoms with E-state index in [1.54, 1.807) is 12.1 Å². The van der Waals surface area contributed by atoms with Gasteiger partial charge < -0.3 is 5.32 Å². The fraction of sp³-hybridized carbons (Fsp3) is 0.0625. The van der Waals surface area contributed by atoms with Crippen molar-refractivity contribution in [2.45, 2.75) is 6.04 Å². The lowest BCUT2D eigenvalue weighted by Crippen LogP contribution is -2.21. The quantitative estimate of drug-likeness (QED) is 0.690. The molecule has 1 N–H and O–H groups in total. The van der Waals surface area contributed by atoms with E-state index in [9.17, 15) is 4.39 Å². The summed E-state index contributed by atoms with van der Waals surface area (Å²) in [6.45, 7) is 0. The van der Waals surface area contributed by atoms with Gasteiger partial charge in [0.2, 0.25) is 5.95 Å². The van der Waals surface area contributed by atoms with E-state index in [1.165, 1.54) is 10.7 Å². The minimum atomic E-state index is -0.538. The summed E-state index contributed by atoms with van der Waals surface area (Å²) < 4.78 is 16.9. The Morgan fingerprint density at radius 2 is 1.96 bits per heavy atom. The number of tetrazole rings is 1. The fourth-order valence-corrected chi connectivity index (χ4v) is 3.19. The van der Waals surface area contributed by atoms with Gasteiger partial charge in [-0.3, -0.25) is 0 Å². The Labute approximate surface area is 150 Å². The van der Waals surface area contributed by atoms with E-state index in [4.69, 9.17) is 11.6 Å². The number of hydrogen-bond donors (Lipinski definition) is 1. The topological polar surface area (TPSA) is 55.6 Å². The summed E-state index contributed by atoms with van der Waals surface area (Å²) in [7, 11) is 0. The Morgan fingerprint density at radius 3 is 2.71 bits per heavy atom. The summed E-state index contributed by atoms with van der Waals surface area (Å²) in [5.41, 5.74) is 2.06. The molecule has 24 heavy (non-hydrogen) atoms. The van der Waals surface area contributed by atoms with E-state index in [2.05, 4.69) is 36.8 Å². The molecular weight excluding hydrogens is 397 g/mol. The first-order chi connectivity index (χ1) is 11.6. The Kier molecular flexibility index (Phi) is 3.82. The number of hydrogen-bond acceptors (Lipinski definition) is 4. The van der Waals surface area contributed by atoms with E-state index in [-0.39, 0.29) is 0 Å². The second-order valence-corrected chi connectivity index (χ2v) is 6.56. The van der Waals surface area contributed by atoms with Crippen molar-refractivity contribution in [3.05, 3.63) is 75.0 Å². The molecule has 8 heteroatoms. The number of benzene rings is 2. The average Bonchev–Trinajstić information content (AvgIpc) is 3.04. The minimum absolute atomic E-state index is 0.328. The molecule has 0 aliphatic carbocycles. The number of rotatable bonds is 2. The molecule has 0 fully saturated rings. The number of nitrogens with one attached hydrogen (secondary N) is 1. The van der Waals surface area contributed by atoms with Gasteiger partial charge in [-0.05, 0) is 46.3 Å². The summed E-state index contributed by atoms with van der Waals surface area (Å²) in [5, 5.41) is 15.1. The number of halogens is 3. The molecule has 0 unspecified atom stereocenters. The van der Waals surface area contributed by atoms with Gasteiger partial charge in [0.25, 0.3) is 0 Å². The molecule has 1 atom stereocenters. The zero-order valence-electron chi connectivity index (χ0n) is 12.1. The first kappa shape index (κ1) is 15.3. The number of nitrogens with zero attached hydrogens (tertiary/aromatic N) is 4. The monoisotopic (exact) mass is 405 g/mol. The summed E-state index contributed by atoms with van der Waals surface area (Å²) in [6, 6.07) is 11.8. The molecule has 0 saturated carbocycles. The summed E-state index contributed by atoms with van der Waals surface area (Å²) >= 11 is 9.65. The van der Waals surface area contributed by atoms with Crippen LogP contribution in [0.2, 0.25) is 5.02 Å². The van der Waals surface area contributed by atoms with Crippen LogP contribution >= 0.6 is 27.5 Å². The zero-order chi connectivity index (χ0) is 16.7. The number of fused-ring (bicyclic) bond motifs is 1. The molecule has 3 aromatic rings. The molecule has 0 spiro atoms. The van der Waals surface area contributed by atoms with Crippen molar-refractivity contribution in [3.63, 3.8) is 0 Å². The lowest BCUT2D eigenvalue weighted by molar-refractivity contribution is 0.540. The van der Waals surface area contributed by atoms with Crippen LogP contribution in [-0.4, -0.2) is 20.2 Å². The van der Waals surface area contributed by atoms with E-state index in [0.717, 1.165) is 15.7 Å². The Bertz CT molecular complexity index is 918. The normalized spacial score (nSPS) is 16.3. The van der Waals surface area contributed by atoms with Crippen LogP contribution in [0.3, 0.4) is 0 Å². The standard InChI is InChI=1S/C16H10BrClFN5/c17-10-6-4-9(5-7-10)13-8-14(24-16(20-13)21-22-23-24)15-11(18)2-1-3-12(15)19/h1-8,14H,(H,20,21,23)/t14-/m1/s1. The van der Waals surface area contributed by atoms with Gasteiger partial charge in [-0.25, -0.2) is 4.39 Å². The summed E-state index contributed by atoms with van der Waals surface area (Å²) in [6.07, 6.45) is 1.86. The first-order valence-corrected chi connectivity index (χ1v) is 8.27. The molecule has 2 aromatic carbocycles. The van der Waals surface area contributed by atoms with Crippen molar-refractivity contribution in [2.75, 3.05) is 5.32 Å². The van der Waals surface area contributed by atoms with Crippen molar-refractivity contribution < 1.29 is 4.39 Å². The highest BCUT2D eigenvalue weighted by molar-refractivity contribution is 9.10. The van der Waals surface area contributed by atoms with Crippen LogP contribution in [0.1, 0.15) is 17.2 Å². The minimum Gasteiger partial charge on any atom is -0.323 e. The molecule has 4 rings (SSSR count). The van der Waals surface area contributed by atoms with Gasteiger partial charge in [-0.15, -0.1) is 0 Å². The number of allylic oxidation sites excluding steroid dienone is 1. The van der Waals surface area contributed by atoms with Gasteiger partial charge in [0, 0.05) is 20.8 Å². The Balaban J connectivity index is 1.87. The first-order valence-electron chi connectivity index (χ1n) is 7.10. The van der Waals surface area contributed by atoms with Gasteiger partial charge in [-0.2, -0.15) is 4.68 Å². The van der Waals surface area contributed by atoms with E-state index in [0.29, 0.717) is 16.5 Å². The molecule has 1 aliphatic rings. The molecule has 0 bridgehead atoms. The molecule has 0 amide bonds. The molecule has 1 aromatic heterocycles. The highest BCUT2D eigenvalue weighted by Crippen LogP contribution is 2.36. The lowest BCUT2D eigenvalue weighted by Gasteiger charge is -2.24. The summed E-state index contributed by atoms with van der Waals surface area (Å²) in [4.78, 5) is 0. The van der Waals surface area contributed by atoms with Gasteiger partial charge >= 0.3 is 0 Å². The van der Waals surface area contributed by atoms with Crippen molar-refractivity contribution in [1.82, 2.24) is 20.2 Å². The number of anilines is 1. The fourth-order valence-electron chi connectivity index (χ4n) is 2.65. The molecular formula is C16H10BrClFN5. The van der Waals surface area contributed by atoms with Crippen molar-refractivity contribution in [1.29, 1.82) is 0 Å². The molecule has 5 nitrogen and oxygen atoms in total. The molecule has 2 heterocycles. The third-order valence-electron chi connectivity index (χ3n) is 3.78. The van der Waals surface area contributed by atoms with Crippen LogP contribution in [0.5, 0.6) is 0 Å². The molecule has 1 aliphatic heterocycles. The lowest BCUT2D eigenvalue weighted by atomic mass is 10.0. The molecule has 120 valence electrons. The molecule has 0 saturated heterocycles. The Hall–Kier alpha value is -2.25. The van der Waals surface area contributed by atoms with Crippen molar-refractivity contribution >= 4 is 39.2 Å². The maximum absolute atomic E-state index is 14.4. The second-order valence-electron chi connectivity index (χ2n) is 5.24. The predicted octanol–water partition coefficient (Wildman–Crippen LogP) is 4.28. The zero-order valence-corrected chi connectivity index (χ0v) is 14.5. The van der Waals surface area contributed by atoms with Crippen LogP contribution in [0.25, 0.3) is 5.70 Å². The smallest absolute Gasteiger partial charge is 0.248 e. The van der Waals surface area contributed by atoms with E-state index >= 15 is 0 Å². The molecule has 0 radical (unpaired) electrons. The average molecular weight is 407 g/mol. The third-order valence-corrected chi connectivity index (χ3v) is 4.64. The van der Waals surface area contributed by atoms with E-state index < -0.39 is 11.9 Å². The second kappa shape index (κ2) is 5.99. The van der Waals surface area contributed by atoms with Gasteiger partial charge in [0.05, 0.1) is 0 Å². The van der Waals surface area contributed by atoms with Crippen LogP contribution in [-0.2, 0) is 0 Å². The highest BCUT2D eigenvalue weighted by Gasteiger charge is 2.28. The van der Waals surface area contributed by atoms with Crippen LogP contribution in [0.4, 0.5) is 10.3 Å². The van der Waals surface area contributed by atoms with Gasteiger partial charge in [-0.1, -0.05) is 50.8 Å². The largest absolute Gasteiger partial charge is 0.323 e. The van der Waals surface area contributed by atoms with Crippen molar-refractivity contribution in [2.24, 2.45) is 0 Å². The number of aromatic nitrogens is 4. The third kappa shape index (κ3) is 2.59. The van der Waals surface area contributed by atoms with Crippen molar-refractivity contribution in [3.8, 4) is 0 Å².